The number of carbonyl (C=O) groups is 1. The molecule has 1 aliphatic heterocycles. The summed E-state index contributed by atoms with van der Waals surface area (Å²) in [6, 6.07) is 8.00. The topological polar surface area (TPSA) is 116 Å². The van der Waals surface area contributed by atoms with Gasteiger partial charge in [-0.15, -0.1) is 0 Å². The second-order valence-corrected chi connectivity index (χ2v) is 7.28. The molecule has 1 aliphatic rings. The average molecular weight is 381 g/mol. The first-order valence-electron chi connectivity index (χ1n) is 9.70. The van der Waals surface area contributed by atoms with Crippen LogP contribution in [-0.2, 0) is 11.2 Å². The number of carbonyl (C=O) groups excluding carboxylic acids is 1. The van der Waals surface area contributed by atoms with Crippen LogP contribution in [0.1, 0.15) is 37.7 Å². The molecule has 1 saturated heterocycles. The molecule has 2 aromatic rings. The van der Waals surface area contributed by atoms with Gasteiger partial charge in [0, 0.05) is 37.5 Å². The zero-order valence-corrected chi connectivity index (χ0v) is 16.0. The molecule has 0 saturated carbocycles. The Morgan fingerprint density at radius 3 is 2.75 bits per heavy atom. The zero-order chi connectivity index (χ0) is 19.9. The van der Waals surface area contributed by atoms with Crippen LogP contribution in [0, 0.1) is 5.41 Å². The van der Waals surface area contributed by atoms with Gasteiger partial charge in [-0.1, -0.05) is 24.3 Å². The summed E-state index contributed by atoms with van der Waals surface area (Å²) in [4.78, 5) is 22.9. The fourth-order valence-electron chi connectivity index (χ4n) is 3.40. The molecule has 1 atom stereocenters. The number of aryl methyl sites for hydroxylation is 1. The van der Waals surface area contributed by atoms with Crippen LogP contribution in [0.5, 0.6) is 0 Å². The lowest BCUT2D eigenvalue weighted by molar-refractivity contribution is -0.117. The van der Waals surface area contributed by atoms with Crippen LogP contribution in [0.25, 0.3) is 11.1 Å². The molecule has 3 rings (SSSR count). The predicted molar refractivity (Wildman–Crippen MR) is 109 cm³/mol. The molecule has 1 fully saturated rings. The lowest BCUT2D eigenvalue weighted by Crippen LogP contribution is -2.26. The Balaban J connectivity index is 1.65. The van der Waals surface area contributed by atoms with Gasteiger partial charge in [-0.2, -0.15) is 0 Å². The van der Waals surface area contributed by atoms with E-state index in [1.54, 1.807) is 0 Å². The van der Waals surface area contributed by atoms with Crippen molar-refractivity contribution in [2.75, 3.05) is 18.0 Å². The SMILES string of the molecule is N=C(N)CC(=O)CCc1cccc(-c2cnc(N3CCCC(O)CC3)nc2)c1. The number of nitrogens with two attached hydrogens (primary N) is 1. The Hall–Kier alpha value is -2.80. The van der Waals surface area contributed by atoms with Crippen molar-refractivity contribution in [2.24, 2.45) is 5.73 Å². The van der Waals surface area contributed by atoms with Crippen LogP contribution in [0.3, 0.4) is 0 Å². The number of Topliss-reactive ketones (excluding diaryl/α,β-unsaturated/α-hetero) is 1. The first kappa shape index (κ1) is 19.9. The number of hydrogen-bond acceptors (Lipinski definition) is 6. The third kappa shape index (κ3) is 5.60. The van der Waals surface area contributed by atoms with E-state index in [2.05, 4.69) is 14.9 Å². The van der Waals surface area contributed by atoms with E-state index in [-0.39, 0.29) is 24.1 Å². The Labute approximate surface area is 165 Å². The third-order valence-electron chi connectivity index (χ3n) is 4.96. The minimum atomic E-state index is -0.227. The van der Waals surface area contributed by atoms with E-state index in [9.17, 15) is 9.90 Å². The first-order chi connectivity index (χ1) is 13.5. The predicted octanol–water partition coefficient (Wildman–Crippen LogP) is 2.32. The molecule has 0 aliphatic carbocycles. The number of rotatable bonds is 7. The van der Waals surface area contributed by atoms with E-state index < -0.39 is 0 Å². The molecule has 0 bridgehead atoms. The van der Waals surface area contributed by atoms with Gasteiger partial charge in [0.15, 0.2) is 0 Å². The van der Waals surface area contributed by atoms with Crippen LogP contribution in [0.4, 0.5) is 5.95 Å². The standard InChI is InChI=1S/C21H27N5O2/c22-20(23)12-19(28)7-6-15-3-1-4-16(11-15)17-13-24-21(25-14-17)26-9-2-5-18(27)8-10-26/h1,3-4,11,13-14,18,27H,2,5-10,12H2,(H3,22,23). The minimum Gasteiger partial charge on any atom is -0.393 e. The lowest BCUT2D eigenvalue weighted by Gasteiger charge is -2.20. The number of ketones is 1. The highest BCUT2D eigenvalue weighted by Gasteiger charge is 2.17. The molecule has 1 unspecified atom stereocenters. The van der Waals surface area contributed by atoms with E-state index in [0.29, 0.717) is 18.8 Å². The van der Waals surface area contributed by atoms with Crippen molar-refractivity contribution in [2.45, 2.75) is 44.6 Å². The monoisotopic (exact) mass is 381 g/mol. The summed E-state index contributed by atoms with van der Waals surface area (Å²) in [5, 5.41) is 17.0. The van der Waals surface area contributed by atoms with Crippen molar-refractivity contribution < 1.29 is 9.90 Å². The first-order valence-corrected chi connectivity index (χ1v) is 9.70. The van der Waals surface area contributed by atoms with Gasteiger partial charge >= 0.3 is 0 Å². The summed E-state index contributed by atoms with van der Waals surface area (Å²) >= 11 is 0. The number of anilines is 1. The highest BCUT2D eigenvalue weighted by atomic mass is 16.3. The van der Waals surface area contributed by atoms with Crippen molar-refractivity contribution in [3.63, 3.8) is 0 Å². The molecule has 0 radical (unpaired) electrons. The van der Waals surface area contributed by atoms with Crippen LogP contribution >= 0.6 is 0 Å². The van der Waals surface area contributed by atoms with E-state index in [1.807, 2.05) is 36.7 Å². The number of hydrogen-bond donors (Lipinski definition) is 3. The van der Waals surface area contributed by atoms with Crippen molar-refractivity contribution in [1.82, 2.24) is 9.97 Å². The maximum atomic E-state index is 11.8. The highest BCUT2D eigenvalue weighted by molar-refractivity contribution is 5.98. The normalized spacial score (nSPS) is 17.2. The number of nitrogens with one attached hydrogen (secondary N) is 1. The van der Waals surface area contributed by atoms with Crippen LogP contribution in [0.2, 0.25) is 0 Å². The van der Waals surface area contributed by atoms with Crippen LogP contribution in [-0.4, -0.2) is 45.9 Å². The largest absolute Gasteiger partial charge is 0.393 e. The zero-order valence-electron chi connectivity index (χ0n) is 16.0. The summed E-state index contributed by atoms with van der Waals surface area (Å²) in [5.74, 6) is 0.590. The van der Waals surface area contributed by atoms with Crippen molar-refractivity contribution in [3.8, 4) is 11.1 Å². The quantitative estimate of drug-likeness (QED) is 0.501. The maximum absolute atomic E-state index is 11.8. The highest BCUT2D eigenvalue weighted by Crippen LogP contribution is 2.22. The van der Waals surface area contributed by atoms with Gasteiger partial charge in [0.1, 0.15) is 5.78 Å². The molecule has 148 valence electrons. The van der Waals surface area contributed by atoms with E-state index >= 15 is 0 Å². The average Bonchev–Trinajstić information content (AvgIpc) is 2.91. The Morgan fingerprint density at radius 1 is 1.21 bits per heavy atom. The summed E-state index contributed by atoms with van der Waals surface area (Å²) in [6.45, 7) is 1.63. The van der Waals surface area contributed by atoms with Gasteiger partial charge in [-0.05, 0) is 36.8 Å². The molecular weight excluding hydrogens is 354 g/mol. The molecule has 7 nitrogen and oxygen atoms in total. The minimum absolute atomic E-state index is 0.0164. The molecule has 1 aromatic carbocycles. The lowest BCUT2D eigenvalue weighted by atomic mass is 10.0. The van der Waals surface area contributed by atoms with Gasteiger partial charge in [0.25, 0.3) is 0 Å². The number of aliphatic hydroxyl groups is 1. The Morgan fingerprint density at radius 2 is 2.00 bits per heavy atom. The molecule has 2 heterocycles. The fourth-order valence-corrected chi connectivity index (χ4v) is 3.40. The second-order valence-electron chi connectivity index (χ2n) is 7.28. The summed E-state index contributed by atoms with van der Waals surface area (Å²) in [7, 11) is 0. The summed E-state index contributed by atoms with van der Waals surface area (Å²) in [5.41, 5.74) is 8.27. The van der Waals surface area contributed by atoms with Crippen LogP contribution < -0.4 is 10.6 Å². The third-order valence-corrected chi connectivity index (χ3v) is 4.96. The summed E-state index contributed by atoms with van der Waals surface area (Å²) < 4.78 is 0. The summed E-state index contributed by atoms with van der Waals surface area (Å²) in [6.07, 6.45) is 6.95. The smallest absolute Gasteiger partial charge is 0.225 e. The number of amidine groups is 1. The molecule has 28 heavy (non-hydrogen) atoms. The molecule has 1 aromatic heterocycles. The van der Waals surface area contributed by atoms with Crippen molar-refractivity contribution >= 4 is 17.6 Å². The van der Waals surface area contributed by atoms with Gasteiger partial charge in [-0.3, -0.25) is 10.2 Å². The Kier molecular flexibility index (Phi) is 6.71. The van der Waals surface area contributed by atoms with Crippen molar-refractivity contribution in [1.29, 1.82) is 5.41 Å². The molecule has 7 heteroatoms. The number of nitrogens with zero attached hydrogens (tertiary/aromatic N) is 3. The molecular formula is C21H27N5O2. The molecule has 0 amide bonds. The number of benzene rings is 1. The fraction of sp³-hybridized carbons (Fsp3) is 0.429. The molecule has 4 N–H and O–H groups in total. The van der Waals surface area contributed by atoms with E-state index in [0.717, 1.165) is 49.0 Å². The number of aromatic nitrogens is 2. The van der Waals surface area contributed by atoms with Gasteiger partial charge in [0.2, 0.25) is 5.95 Å². The molecule has 0 spiro atoms. The van der Waals surface area contributed by atoms with Gasteiger partial charge in [0.05, 0.1) is 18.4 Å². The van der Waals surface area contributed by atoms with Crippen LogP contribution in [0.15, 0.2) is 36.7 Å². The Bertz CT molecular complexity index is 822. The van der Waals surface area contributed by atoms with E-state index in [4.69, 9.17) is 11.1 Å². The maximum Gasteiger partial charge on any atom is 0.225 e. The van der Waals surface area contributed by atoms with Gasteiger partial charge in [-0.25, -0.2) is 9.97 Å². The van der Waals surface area contributed by atoms with Gasteiger partial charge < -0.3 is 15.7 Å². The van der Waals surface area contributed by atoms with Crippen molar-refractivity contribution in [3.05, 3.63) is 42.2 Å². The second kappa shape index (κ2) is 9.41. The number of aliphatic hydroxyl groups excluding tert-OH is 1. The van der Waals surface area contributed by atoms with E-state index in [1.165, 1.54) is 0 Å².